The molecular formula is C20H22N4O3S. The molecule has 1 saturated heterocycles. The molecule has 0 bridgehead atoms. The van der Waals surface area contributed by atoms with Crippen LogP contribution in [0.3, 0.4) is 0 Å². The van der Waals surface area contributed by atoms with Crippen LogP contribution in [-0.2, 0) is 16.4 Å². The molecule has 0 N–H and O–H groups in total. The summed E-state index contributed by atoms with van der Waals surface area (Å²) in [4.78, 5) is 9.38. The van der Waals surface area contributed by atoms with Crippen LogP contribution in [0.5, 0.6) is 0 Å². The van der Waals surface area contributed by atoms with Crippen LogP contribution < -0.4 is 0 Å². The summed E-state index contributed by atoms with van der Waals surface area (Å²) in [5, 5.41) is 3.95. The summed E-state index contributed by atoms with van der Waals surface area (Å²) in [6.07, 6.45) is 5.01. The van der Waals surface area contributed by atoms with E-state index in [0.29, 0.717) is 24.4 Å². The van der Waals surface area contributed by atoms with E-state index in [-0.39, 0.29) is 5.92 Å². The molecule has 1 aliphatic heterocycles. The molecule has 3 aromatic rings. The lowest BCUT2D eigenvalue weighted by Crippen LogP contribution is -2.29. The van der Waals surface area contributed by atoms with Crippen molar-refractivity contribution in [2.45, 2.75) is 31.6 Å². The van der Waals surface area contributed by atoms with Crippen LogP contribution in [0.1, 0.15) is 23.6 Å². The summed E-state index contributed by atoms with van der Waals surface area (Å²) in [5.41, 5.74) is 3.26. The van der Waals surface area contributed by atoms with Gasteiger partial charge in [0.05, 0.1) is 33.7 Å². The van der Waals surface area contributed by atoms with Gasteiger partial charge in [0, 0.05) is 19.3 Å². The predicted molar refractivity (Wildman–Crippen MR) is 104 cm³/mol. The number of aromatic nitrogens is 3. The Hall–Kier alpha value is -2.58. The van der Waals surface area contributed by atoms with Crippen molar-refractivity contribution in [2.24, 2.45) is 5.92 Å². The molecule has 0 radical (unpaired) electrons. The summed E-state index contributed by atoms with van der Waals surface area (Å²) in [6, 6.07) is 8.59. The predicted octanol–water partition coefficient (Wildman–Crippen LogP) is 3.00. The van der Waals surface area contributed by atoms with E-state index in [0.717, 1.165) is 34.8 Å². The highest BCUT2D eigenvalue weighted by Gasteiger charge is 2.32. The van der Waals surface area contributed by atoms with E-state index >= 15 is 0 Å². The molecule has 0 spiro atoms. The SMILES string of the molecule is Cc1noc(C)c1-c1cnc(C[C@H]2CCN(S(=O)(=O)c3ccccc3)C2)cn1. The van der Waals surface area contributed by atoms with E-state index < -0.39 is 10.0 Å². The van der Waals surface area contributed by atoms with Gasteiger partial charge in [0.1, 0.15) is 5.76 Å². The molecule has 1 aromatic carbocycles. The van der Waals surface area contributed by atoms with Crippen molar-refractivity contribution in [1.82, 2.24) is 19.4 Å². The number of hydrogen-bond acceptors (Lipinski definition) is 6. The number of sulfonamides is 1. The van der Waals surface area contributed by atoms with E-state index in [1.165, 1.54) is 0 Å². The number of hydrogen-bond donors (Lipinski definition) is 0. The van der Waals surface area contributed by atoms with E-state index in [2.05, 4.69) is 15.1 Å². The van der Waals surface area contributed by atoms with Crippen LogP contribution in [0, 0.1) is 19.8 Å². The largest absolute Gasteiger partial charge is 0.361 e. The van der Waals surface area contributed by atoms with E-state index in [1.54, 1.807) is 41.0 Å². The van der Waals surface area contributed by atoms with Crippen LogP contribution in [0.15, 0.2) is 52.1 Å². The molecule has 2 aromatic heterocycles. The molecule has 1 aliphatic rings. The molecule has 1 atom stereocenters. The highest BCUT2D eigenvalue weighted by atomic mass is 32.2. The third kappa shape index (κ3) is 3.57. The van der Waals surface area contributed by atoms with Crippen molar-refractivity contribution in [3.8, 4) is 11.3 Å². The zero-order valence-electron chi connectivity index (χ0n) is 15.9. The van der Waals surface area contributed by atoms with Crippen molar-refractivity contribution in [1.29, 1.82) is 0 Å². The molecule has 3 heterocycles. The first kappa shape index (κ1) is 18.8. The van der Waals surface area contributed by atoms with Crippen LogP contribution >= 0.6 is 0 Å². The second-order valence-corrected chi connectivity index (χ2v) is 9.07. The standard InChI is InChI=1S/C20H22N4O3S/c1-14-20(15(2)27-23-14)19-12-21-17(11-22-19)10-16-8-9-24(13-16)28(25,26)18-6-4-3-5-7-18/h3-7,11-12,16H,8-10,13H2,1-2H3/t16-/m1/s1. The summed E-state index contributed by atoms with van der Waals surface area (Å²) >= 11 is 0. The lowest BCUT2D eigenvalue weighted by atomic mass is 10.0. The Morgan fingerprint density at radius 2 is 1.93 bits per heavy atom. The van der Waals surface area contributed by atoms with Crippen LogP contribution in [0.4, 0.5) is 0 Å². The molecule has 4 rings (SSSR count). The van der Waals surface area contributed by atoms with E-state index in [4.69, 9.17) is 4.52 Å². The maximum absolute atomic E-state index is 12.8. The minimum Gasteiger partial charge on any atom is -0.361 e. The summed E-state index contributed by atoms with van der Waals surface area (Å²) in [6.45, 7) is 4.77. The summed E-state index contributed by atoms with van der Waals surface area (Å²) in [5.74, 6) is 0.954. The van der Waals surface area contributed by atoms with Gasteiger partial charge in [0.2, 0.25) is 10.0 Å². The maximum Gasteiger partial charge on any atom is 0.243 e. The quantitative estimate of drug-likeness (QED) is 0.656. The lowest BCUT2D eigenvalue weighted by molar-refractivity contribution is 0.393. The Kier molecular flexibility index (Phi) is 4.99. The molecule has 0 saturated carbocycles. The Morgan fingerprint density at radius 1 is 1.14 bits per heavy atom. The lowest BCUT2D eigenvalue weighted by Gasteiger charge is -2.16. The van der Waals surface area contributed by atoms with E-state index in [1.807, 2.05) is 19.9 Å². The van der Waals surface area contributed by atoms with Crippen LogP contribution in [-0.4, -0.2) is 40.9 Å². The van der Waals surface area contributed by atoms with Crippen molar-refractivity contribution in [3.63, 3.8) is 0 Å². The van der Waals surface area contributed by atoms with Gasteiger partial charge in [-0.15, -0.1) is 0 Å². The first-order valence-electron chi connectivity index (χ1n) is 9.24. The number of benzene rings is 1. The minimum absolute atomic E-state index is 0.234. The maximum atomic E-state index is 12.8. The van der Waals surface area contributed by atoms with Crippen molar-refractivity contribution in [2.75, 3.05) is 13.1 Å². The second-order valence-electron chi connectivity index (χ2n) is 7.13. The Bertz CT molecular complexity index is 1040. The minimum atomic E-state index is -3.43. The van der Waals surface area contributed by atoms with Crippen molar-refractivity contribution >= 4 is 10.0 Å². The van der Waals surface area contributed by atoms with Crippen LogP contribution in [0.2, 0.25) is 0 Å². The van der Waals surface area contributed by atoms with Gasteiger partial charge in [-0.3, -0.25) is 9.97 Å². The van der Waals surface area contributed by atoms with Gasteiger partial charge < -0.3 is 4.52 Å². The molecule has 0 unspecified atom stereocenters. The first-order chi connectivity index (χ1) is 13.4. The Labute approximate surface area is 164 Å². The van der Waals surface area contributed by atoms with Gasteiger partial charge in [-0.25, -0.2) is 8.42 Å². The van der Waals surface area contributed by atoms with Crippen molar-refractivity contribution < 1.29 is 12.9 Å². The average Bonchev–Trinajstić information content (AvgIpc) is 3.30. The highest BCUT2D eigenvalue weighted by Crippen LogP contribution is 2.27. The Morgan fingerprint density at radius 3 is 2.57 bits per heavy atom. The first-order valence-corrected chi connectivity index (χ1v) is 10.7. The van der Waals surface area contributed by atoms with Crippen molar-refractivity contribution in [3.05, 3.63) is 59.9 Å². The fourth-order valence-electron chi connectivity index (χ4n) is 3.66. The number of nitrogens with zero attached hydrogens (tertiary/aromatic N) is 4. The van der Waals surface area contributed by atoms with Gasteiger partial charge >= 0.3 is 0 Å². The topological polar surface area (TPSA) is 89.2 Å². The highest BCUT2D eigenvalue weighted by molar-refractivity contribution is 7.89. The smallest absolute Gasteiger partial charge is 0.243 e. The fourth-order valence-corrected chi connectivity index (χ4v) is 5.21. The summed E-state index contributed by atoms with van der Waals surface area (Å²) in [7, 11) is -3.43. The number of rotatable bonds is 5. The van der Waals surface area contributed by atoms with E-state index in [9.17, 15) is 8.42 Å². The monoisotopic (exact) mass is 398 g/mol. The zero-order chi connectivity index (χ0) is 19.7. The van der Waals surface area contributed by atoms with Gasteiger partial charge in [-0.1, -0.05) is 23.4 Å². The molecule has 1 fully saturated rings. The second kappa shape index (κ2) is 7.44. The summed E-state index contributed by atoms with van der Waals surface area (Å²) < 4.78 is 32.3. The third-order valence-corrected chi connectivity index (χ3v) is 7.00. The molecule has 146 valence electrons. The van der Waals surface area contributed by atoms with Gasteiger partial charge in [0.15, 0.2) is 0 Å². The molecule has 8 heteroatoms. The Balaban J connectivity index is 1.43. The van der Waals surface area contributed by atoms with Gasteiger partial charge in [-0.05, 0) is 44.7 Å². The molecule has 7 nitrogen and oxygen atoms in total. The van der Waals surface area contributed by atoms with Gasteiger partial charge in [0.25, 0.3) is 0 Å². The normalized spacial score (nSPS) is 17.9. The molecule has 28 heavy (non-hydrogen) atoms. The fraction of sp³-hybridized carbons (Fsp3) is 0.350. The molecular weight excluding hydrogens is 376 g/mol. The van der Waals surface area contributed by atoms with Gasteiger partial charge in [-0.2, -0.15) is 4.31 Å². The average molecular weight is 398 g/mol. The third-order valence-electron chi connectivity index (χ3n) is 5.12. The molecule has 0 aliphatic carbocycles. The van der Waals surface area contributed by atoms with Crippen LogP contribution in [0.25, 0.3) is 11.3 Å². The molecule has 0 amide bonds. The zero-order valence-corrected chi connectivity index (χ0v) is 16.7. The number of aryl methyl sites for hydroxylation is 2.